The molecular weight excluding hydrogens is 411 g/mol. The first-order valence-electron chi connectivity index (χ1n) is 12.2. The van der Waals surface area contributed by atoms with Gasteiger partial charge in [-0.15, -0.1) is 18.3 Å². The van der Waals surface area contributed by atoms with E-state index in [4.69, 9.17) is 9.05 Å². The Hall–Kier alpha value is 0.240. The van der Waals surface area contributed by atoms with Crippen LogP contribution in [0.4, 0.5) is 0 Å². The summed E-state index contributed by atoms with van der Waals surface area (Å²) in [6.45, 7) is 17.6. The zero-order chi connectivity index (χ0) is 22.5. The van der Waals surface area contributed by atoms with E-state index in [0.717, 1.165) is 25.7 Å². The van der Waals surface area contributed by atoms with E-state index in [1.54, 1.807) is 11.8 Å². The molecule has 0 aromatic carbocycles. The van der Waals surface area contributed by atoms with Crippen LogP contribution < -0.4 is 0 Å². The van der Waals surface area contributed by atoms with Gasteiger partial charge in [-0.25, -0.2) is 0 Å². The summed E-state index contributed by atoms with van der Waals surface area (Å²) in [5, 5.41) is 0. The Morgan fingerprint density at radius 2 is 1.37 bits per heavy atom. The van der Waals surface area contributed by atoms with Gasteiger partial charge in [0.2, 0.25) is 0 Å². The molecule has 176 valence electrons. The molecule has 2 aliphatic rings. The lowest BCUT2D eigenvalue weighted by Crippen LogP contribution is -2.37. The summed E-state index contributed by atoms with van der Waals surface area (Å²) in [5.41, 5.74) is 0. The van der Waals surface area contributed by atoms with Crippen LogP contribution in [-0.4, -0.2) is 23.5 Å². The molecule has 0 radical (unpaired) electrons. The maximum atomic E-state index is 14.5. The third kappa shape index (κ3) is 6.87. The Morgan fingerprint density at radius 3 is 1.70 bits per heavy atom. The maximum Gasteiger partial charge on any atom is 0.344 e. The van der Waals surface area contributed by atoms with Gasteiger partial charge in [0.25, 0.3) is 0 Å². The van der Waals surface area contributed by atoms with Gasteiger partial charge in [-0.1, -0.05) is 60.5 Å². The summed E-state index contributed by atoms with van der Waals surface area (Å²) < 4.78 is 27.8. The van der Waals surface area contributed by atoms with Crippen molar-refractivity contribution in [2.45, 2.75) is 104 Å². The molecule has 0 bridgehead atoms. The molecule has 0 aromatic heterocycles. The first-order valence-corrected chi connectivity index (χ1v) is 15.1. The van der Waals surface area contributed by atoms with Crippen molar-refractivity contribution < 1.29 is 13.6 Å². The minimum absolute atomic E-state index is 0.0255. The second-order valence-electron chi connectivity index (χ2n) is 10.7. The Labute approximate surface area is 191 Å². The number of hydrogen-bond donors (Lipinski definition) is 0. The smallest absolute Gasteiger partial charge is 0.304 e. The second-order valence-corrected chi connectivity index (χ2v) is 14.2. The fourth-order valence-corrected chi connectivity index (χ4v) is 9.13. The van der Waals surface area contributed by atoms with Gasteiger partial charge >= 0.3 is 7.60 Å². The highest BCUT2D eigenvalue weighted by atomic mass is 32.2. The third-order valence-electron chi connectivity index (χ3n) is 7.48. The van der Waals surface area contributed by atoms with Crippen LogP contribution in [0, 0.1) is 35.5 Å². The molecule has 2 fully saturated rings. The highest BCUT2D eigenvalue weighted by Crippen LogP contribution is 2.63. The summed E-state index contributed by atoms with van der Waals surface area (Å²) in [4.78, 5) is -0.176. The van der Waals surface area contributed by atoms with Crippen LogP contribution in [0.2, 0.25) is 0 Å². The average molecular weight is 459 g/mol. The highest BCUT2D eigenvalue weighted by molar-refractivity contribution is 8.04. The zero-order valence-electron chi connectivity index (χ0n) is 20.5. The summed E-state index contributed by atoms with van der Waals surface area (Å²) >= 11 is 1.62. The topological polar surface area (TPSA) is 35.5 Å². The lowest BCUT2D eigenvalue weighted by molar-refractivity contribution is -0.00405. The van der Waals surface area contributed by atoms with Gasteiger partial charge in [0, 0.05) is 0 Å². The molecule has 30 heavy (non-hydrogen) atoms. The van der Waals surface area contributed by atoms with Crippen molar-refractivity contribution >= 4 is 19.4 Å². The lowest BCUT2D eigenvalue weighted by Gasteiger charge is -2.43. The van der Waals surface area contributed by atoms with Crippen molar-refractivity contribution in [3.05, 3.63) is 12.7 Å². The van der Waals surface area contributed by atoms with Crippen molar-refractivity contribution in [1.82, 2.24) is 0 Å². The van der Waals surface area contributed by atoms with Gasteiger partial charge in [0.1, 0.15) is 4.99 Å². The SMILES string of the molecule is C=CC[C@@H](SC)P(=O)(O[C@@H]1C[C@H](C)CC[C@H]1C(C)C)O[C@@H]1C[C@H](C)CC[C@H]1C(C)C. The van der Waals surface area contributed by atoms with Gasteiger partial charge < -0.3 is 9.05 Å². The van der Waals surface area contributed by atoms with E-state index in [0.29, 0.717) is 41.9 Å². The van der Waals surface area contributed by atoms with Gasteiger partial charge in [-0.2, -0.15) is 0 Å². The fraction of sp³-hybridized carbons (Fsp3) is 0.920. The van der Waals surface area contributed by atoms with Crippen LogP contribution in [0.25, 0.3) is 0 Å². The number of hydrogen-bond acceptors (Lipinski definition) is 4. The van der Waals surface area contributed by atoms with E-state index in [2.05, 4.69) is 48.1 Å². The quantitative estimate of drug-likeness (QED) is 0.243. The summed E-state index contributed by atoms with van der Waals surface area (Å²) in [6, 6.07) is 0. The molecule has 3 nitrogen and oxygen atoms in total. The van der Waals surface area contributed by atoms with Gasteiger partial charge in [0.15, 0.2) is 0 Å². The van der Waals surface area contributed by atoms with Crippen molar-refractivity contribution in [3.63, 3.8) is 0 Å². The van der Waals surface area contributed by atoms with E-state index in [9.17, 15) is 4.57 Å². The normalized spacial score (nSPS) is 34.3. The predicted octanol–water partition coefficient (Wildman–Crippen LogP) is 8.40. The van der Waals surface area contributed by atoms with Crippen molar-refractivity contribution in [2.24, 2.45) is 35.5 Å². The highest BCUT2D eigenvalue weighted by Gasteiger charge is 2.45. The monoisotopic (exact) mass is 458 g/mol. The number of thioether (sulfide) groups is 1. The minimum atomic E-state index is -3.30. The second kappa shape index (κ2) is 11.9. The number of rotatable bonds is 10. The number of allylic oxidation sites excluding steroid dienone is 1. The van der Waals surface area contributed by atoms with Crippen LogP contribution in [0.1, 0.15) is 86.5 Å². The minimum Gasteiger partial charge on any atom is -0.304 e. The molecule has 7 atom stereocenters. The van der Waals surface area contributed by atoms with E-state index >= 15 is 0 Å². The van der Waals surface area contributed by atoms with Gasteiger partial charge in [-0.3, -0.25) is 4.57 Å². The van der Waals surface area contributed by atoms with E-state index in [1.165, 1.54) is 12.8 Å². The first kappa shape index (κ1) is 26.5. The molecule has 0 aromatic rings. The first-order chi connectivity index (χ1) is 14.1. The molecule has 0 spiro atoms. The zero-order valence-corrected chi connectivity index (χ0v) is 22.2. The Kier molecular flexibility index (Phi) is 10.5. The molecule has 0 heterocycles. The van der Waals surface area contributed by atoms with Crippen LogP contribution in [0.15, 0.2) is 12.7 Å². The molecule has 0 amide bonds. The standard InChI is InChI=1S/C25H47O3PS/c1-9-10-25(30-8)29(26,27-23-15-19(6)11-13-21(23)17(2)3)28-24-16-20(7)12-14-22(24)18(4)5/h9,17-25H,1,10-16H2,2-8H3/t19-,20-,21+,22+,23-,24-,25-/m1/s1. The molecular formula is C25H47O3PS. The largest absolute Gasteiger partial charge is 0.344 e. The lowest BCUT2D eigenvalue weighted by atomic mass is 9.75. The molecule has 5 heteroatoms. The molecule has 0 aliphatic heterocycles. The van der Waals surface area contributed by atoms with Crippen molar-refractivity contribution in [1.29, 1.82) is 0 Å². The molecule has 0 saturated heterocycles. The molecule has 2 saturated carbocycles. The molecule has 2 rings (SSSR count). The average Bonchev–Trinajstić information content (AvgIpc) is 2.65. The molecule has 2 aliphatic carbocycles. The summed E-state index contributed by atoms with van der Waals surface area (Å²) in [7, 11) is -3.30. The van der Waals surface area contributed by atoms with Crippen LogP contribution in [0.3, 0.4) is 0 Å². The van der Waals surface area contributed by atoms with Crippen LogP contribution in [-0.2, 0) is 13.6 Å². The third-order valence-corrected chi connectivity index (χ3v) is 11.7. The maximum absolute atomic E-state index is 14.5. The molecule has 0 unspecified atom stereocenters. The van der Waals surface area contributed by atoms with Crippen molar-refractivity contribution in [2.75, 3.05) is 6.26 Å². The van der Waals surface area contributed by atoms with Crippen LogP contribution in [0.5, 0.6) is 0 Å². The van der Waals surface area contributed by atoms with Crippen LogP contribution >= 0.6 is 19.4 Å². The Balaban J connectivity index is 2.32. The predicted molar refractivity (Wildman–Crippen MR) is 132 cm³/mol. The van der Waals surface area contributed by atoms with E-state index in [-0.39, 0.29) is 17.2 Å². The van der Waals surface area contributed by atoms with E-state index in [1.807, 2.05) is 12.3 Å². The van der Waals surface area contributed by atoms with E-state index < -0.39 is 7.60 Å². The molecule has 0 N–H and O–H groups in total. The summed E-state index contributed by atoms with van der Waals surface area (Å²) in [6.07, 6.45) is 11.4. The van der Waals surface area contributed by atoms with Gasteiger partial charge in [0.05, 0.1) is 12.2 Å². The fourth-order valence-electron chi connectivity index (χ4n) is 5.51. The van der Waals surface area contributed by atoms with Crippen molar-refractivity contribution in [3.8, 4) is 0 Å². The summed E-state index contributed by atoms with van der Waals surface area (Å²) in [5.74, 6) is 3.20. The Bertz CT molecular complexity index is 541. The van der Waals surface area contributed by atoms with Gasteiger partial charge in [-0.05, 0) is 73.9 Å². The Morgan fingerprint density at radius 1 is 0.933 bits per heavy atom.